The molecular formula is C9H17NO5S2. The zero-order valence-electron chi connectivity index (χ0n) is 9.46. The van der Waals surface area contributed by atoms with E-state index in [-0.39, 0.29) is 24.0 Å². The van der Waals surface area contributed by atoms with Gasteiger partial charge >= 0.3 is 0 Å². The zero-order valence-corrected chi connectivity index (χ0v) is 11.1. The van der Waals surface area contributed by atoms with Gasteiger partial charge in [0.2, 0.25) is 10.0 Å². The molecule has 1 N–H and O–H groups in total. The molecule has 0 aromatic heterocycles. The molecule has 0 aromatic carbocycles. The smallest absolute Gasteiger partial charge is 0.237 e. The van der Waals surface area contributed by atoms with E-state index in [1.54, 1.807) is 0 Å². The molecule has 2 aliphatic rings. The van der Waals surface area contributed by atoms with Crippen molar-refractivity contribution in [2.75, 3.05) is 11.5 Å². The number of sulfonamides is 1. The molecule has 0 aromatic rings. The standard InChI is InChI=1S/C9H17NO5S2/c11-16(12)6-5-9(7-16)17(13,14)10-15-8-3-1-2-4-8/h8-10H,1-7H2. The molecule has 6 nitrogen and oxygen atoms in total. The molecule has 1 atom stereocenters. The summed E-state index contributed by atoms with van der Waals surface area (Å²) in [5, 5.41) is -0.867. The van der Waals surface area contributed by atoms with Gasteiger partial charge in [-0.1, -0.05) is 17.7 Å². The van der Waals surface area contributed by atoms with Crippen molar-refractivity contribution in [3.05, 3.63) is 0 Å². The molecule has 0 amide bonds. The van der Waals surface area contributed by atoms with Crippen LogP contribution < -0.4 is 4.89 Å². The Hall–Kier alpha value is -0.180. The van der Waals surface area contributed by atoms with Crippen LogP contribution in [0.3, 0.4) is 0 Å². The lowest BCUT2D eigenvalue weighted by Gasteiger charge is -2.14. The van der Waals surface area contributed by atoms with Gasteiger partial charge in [-0.15, -0.1) is 0 Å². The summed E-state index contributed by atoms with van der Waals surface area (Å²) >= 11 is 0. The third-order valence-electron chi connectivity index (χ3n) is 3.26. The van der Waals surface area contributed by atoms with Crippen LogP contribution in [0.5, 0.6) is 0 Å². The Labute approximate surface area is 102 Å². The summed E-state index contributed by atoms with van der Waals surface area (Å²) in [5.74, 6) is -0.349. The van der Waals surface area contributed by atoms with Crippen LogP contribution in [0.4, 0.5) is 0 Å². The van der Waals surface area contributed by atoms with Crippen LogP contribution in [0.1, 0.15) is 32.1 Å². The van der Waals surface area contributed by atoms with Crippen molar-refractivity contribution in [1.82, 2.24) is 4.89 Å². The first kappa shape index (κ1) is 13.3. The van der Waals surface area contributed by atoms with E-state index in [0.717, 1.165) is 25.7 Å². The first-order valence-corrected chi connectivity index (χ1v) is 9.12. The summed E-state index contributed by atoms with van der Waals surface area (Å²) in [7, 11) is -6.86. The van der Waals surface area contributed by atoms with E-state index in [4.69, 9.17) is 4.84 Å². The fraction of sp³-hybridized carbons (Fsp3) is 1.00. The highest BCUT2D eigenvalue weighted by molar-refractivity contribution is 7.95. The van der Waals surface area contributed by atoms with Crippen LogP contribution in [0.25, 0.3) is 0 Å². The van der Waals surface area contributed by atoms with Gasteiger partial charge in [0.05, 0.1) is 22.9 Å². The molecule has 100 valence electrons. The molecule has 0 spiro atoms. The Bertz CT molecular complexity index is 464. The fourth-order valence-electron chi connectivity index (χ4n) is 2.21. The molecule has 0 bridgehead atoms. The lowest BCUT2D eigenvalue weighted by molar-refractivity contribution is 0.0219. The lowest BCUT2D eigenvalue weighted by Crippen LogP contribution is -2.37. The van der Waals surface area contributed by atoms with Gasteiger partial charge in [-0.05, 0) is 19.3 Å². The summed E-state index contributed by atoms with van der Waals surface area (Å²) in [6, 6.07) is 0. The van der Waals surface area contributed by atoms with Gasteiger partial charge in [0.1, 0.15) is 0 Å². The summed E-state index contributed by atoms with van der Waals surface area (Å²) in [5.41, 5.74) is 0. The molecule has 1 heterocycles. The molecule has 0 radical (unpaired) electrons. The van der Waals surface area contributed by atoms with Crippen LogP contribution in [-0.4, -0.2) is 39.7 Å². The Kier molecular flexibility index (Phi) is 3.77. The molecule has 1 saturated carbocycles. The first-order chi connectivity index (χ1) is 7.89. The number of sulfone groups is 1. The van der Waals surface area contributed by atoms with Crippen molar-refractivity contribution in [1.29, 1.82) is 0 Å². The van der Waals surface area contributed by atoms with Crippen LogP contribution in [0.15, 0.2) is 0 Å². The predicted octanol–water partition coefficient (Wildman–Crippen LogP) is -0.0329. The highest BCUT2D eigenvalue weighted by Crippen LogP contribution is 2.22. The number of hydrogen-bond donors (Lipinski definition) is 1. The summed E-state index contributed by atoms with van der Waals surface area (Å²) in [6.07, 6.45) is 3.89. The van der Waals surface area contributed by atoms with Crippen molar-refractivity contribution in [3.8, 4) is 0 Å². The van der Waals surface area contributed by atoms with Gasteiger partial charge in [-0.25, -0.2) is 16.8 Å². The second kappa shape index (κ2) is 4.83. The average molecular weight is 283 g/mol. The van der Waals surface area contributed by atoms with Crippen molar-refractivity contribution in [2.24, 2.45) is 0 Å². The number of nitrogens with one attached hydrogen (secondary N) is 1. The molecule has 8 heteroatoms. The monoisotopic (exact) mass is 283 g/mol. The number of hydrogen-bond acceptors (Lipinski definition) is 5. The fourth-order valence-corrected chi connectivity index (χ4v) is 6.08. The van der Waals surface area contributed by atoms with Crippen molar-refractivity contribution < 1.29 is 21.7 Å². The number of rotatable bonds is 4. The van der Waals surface area contributed by atoms with Crippen molar-refractivity contribution >= 4 is 19.9 Å². The predicted molar refractivity (Wildman–Crippen MR) is 62.5 cm³/mol. The third-order valence-corrected chi connectivity index (χ3v) is 6.85. The van der Waals surface area contributed by atoms with Gasteiger partial charge in [0.25, 0.3) is 0 Å². The average Bonchev–Trinajstić information content (AvgIpc) is 2.84. The van der Waals surface area contributed by atoms with E-state index in [1.165, 1.54) is 0 Å². The van der Waals surface area contributed by atoms with Gasteiger partial charge in [-0.2, -0.15) is 0 Å². The second-order valence-corrected chi connectivity index (χ2v) is 8.83. The third kappa shape index (κ3) is 3.40. The Balaban J connectivity index is 1.90. The zero-order chi connectivity index (χ0) is 12.5. The largest absolute Gasteiger partial charge is 0.284 e. The van der Waals surface area contributed by atoms with Crippen LogP contribution >= 0.6 is 0 Å². The molecule has 2 fully saturated rings. The Morgan fingerprint density at radius 1 is 1.12 bits per heavy atom. The molecular weight excluding hydrogens is 266 g/mol. The maximum Gasteiger partial charge on any atom is 0.237 e. The molecule has 2 rings (SSSR count). The molecule has 1 aliphatic carbocycles. The maximum absolute atomic E-state index is 11.8. The molecule has 17 heavy (non-hydrogen) atoms. The van der Waals surface area contributed by atoms with E-state index in [2.05, 4.69) is 4.89 Å². The first-order valence-electron chi connectivity index (χ1n) is 5.76. The van der Waals surface area contributed by atoms with Gasteiger partial charge < -0.3 is 0 Å². The van der Waals surface area contributed by atoms with E-state index in [0.29, 0.717) is 0 Å². The lowest BCUT2D eigenvalue weighted by atomic mass is 10.3. The van der Waals surface area contributed by atoms with Gasteiger partial charge in [-0.3, -0.25) is 4.84 Å². The minimum absolute atomic E-state index is 0.0536. The highest BCUT2D eigenvalue weighted by atomic mass is 32.2. The van der Waals surface area contributed by atoms with Crippen LogP contribution in [0.2, 0.25) is 0 Å². The minimum Gasteiger partial charge on any atom is -0.284 e. The van der Waals surface area contributed by atoms with Crippen molar-refractivity contribution in [3.63, 3.8) is 0 Å². The topological polar surface area (TPSA) is 89.5 Å². The molecule has 1 saturated heterocycles. The summed E-state index contributed by atoms with van der Waals surface area (Å²) in [4.78, 5) is 7.20. The summed E-state index contributed by atoms with van der Waals surface area (Å²) in [6.45, 7) is 0. The van der Waals surface area contributed by atoms with Crippen LogP contribution in [-0.2, 0) is 24.7 Å². The van der Waals surface area contributed by atoms with Crippen LogP contribution in [0, 0.1) is 0 Å². The molecule has 1 unspecified atom stereocenters. The van der Waals surface area contributed by atoms with E-state index < -0.39 is 25.1 Å². The normalized spacial score (nSPS) is 29.8. The minimum atomic E-state index is -3.67. The second-order valence-electron chi connectivity index (χ2n) is 4.68. The SMILES string of the molecule is O=S1(=O)CCC(S(=O)(=O)NOC2CCCC2)C1. The summed E-state index contributed by atoms with van der Waals surface area (Å²) < 4.78 is 46.0. The van der Waals surface area contributed by atoms with Gasteiger partial charge in [0.15, 0.2) is 9.84 Å². The van der Waals surface area contributed by atoms with Gasteiger partial charge in [0, 0.05) is 0 Å². The van der Waals surface area contributed by atoms with E-state index in [1.807, 2.05) is 0 Å². The highest BCUT2D eigenvalue weighted by Gasteiger charge is 2.37. The maximum atomic E-state index is 11.8. The molecule has 1 aliphatic heterocycles. The van der Waals surface area contributed by atoms with Crippen molar-refractivity contribution in [2.45, 2.75) is 43.5 Å². The quantitative estimate of drug-likeness (QED) is 0.732. The Morgan fingerprint density at radius 3 is 2.29 bits per heavy atom. The van der Waals surface area contributed by atoms with E-state index >= 15 is 0 Å². The van der Waals surface area contributed by atoms with E-state index in [9.17, 15) is 16.8 Å². The Morgan fingerprint density at radius 2 is 1.76 bits per heavy atom.